The van der Waals surface area contributed by atoms with Crippen LogP contribution in [0.15, 0.2) is 12.2 Å². The van der Waals surface area contributed by atoms with Crippen molar-refractivity contribution in [2.45, 2.75) is 239 Å². The van der Waals surface area contributed by atoms with Crippen LogP contribution in [-0.2, 0) is 57.1 Å². The van der Waals surface area contributed by atoms with E-state index in [2.05, 4.69) is 47.3 Å². The molecule has 4 heterocycles. The van der Waals surface area contributed by atoms with Gasteiger partial charge in [0.25, 0.3) is 0 Å². The molecule has 82 heavy (non-hydrogen) atoms. The lowest BCUT2D eigenvalue weighted by molar-refractivity contribution is -0.366. The zero-order valence-corrected chi connectivity index (χ0v) is 46.9. The van der Waals surface area contributed by atoms with Crippen LogP contribution in [0.5, 0.6) is 0 Å². The Morgan fingerprint density at radius 3 is 1.73 bits per heavy atom. The van der Waals surface area contributed by atoms with Crippen molar-refractivity contribution in [3.63, 3.8) is 0 Å². The van der Waals surface area contributed by atoms with Crippen LogP contribution in [0.4, 0.5) is 0 Å². The standard InChI is InChI=1S/C53H92N4O25/c1-26(2)30(22-28-12-8-6-4-5-7-9-13-28)57-36(62)15-11-10-14-35(61)56-29(16-17-34(60)54-18-20-75-50-44(70)41(67)37(63)27(3)78-50)49(74)55-19-21-76-52-47(73)48(82-53-46(72)43(69)39(65)32(24-59)80-53)40(66)33(81-52)25-77-51-45(71)42(68)38(64)31(23-58)79-51/h6,8,26-33,37-48,50-53,58-59,63-73H,4-5,7,9-25H2,1-3H3,(H,54,60)(H,55,74)(H,56,61)(H,57,62). The Bertz CT molecular complexity index is 1940. The molecule has 29 nitrogen and oxygen atoms in total. The number of allylic oxidation sites excluding steroid dienone is 2. The molecule has 5 aliphatic rings. The van der Waals surface area contributed by atoms with Crippen molar-refractivity contribution in [3.05, 3.63) is 12.2 Å². The van der Waals surface area contributed by atoms with E-state index in [-0.39, 0.29) is 63.2 Å². The van der Waals surface area contributed by atoms with Crippen molar-refractivity contribution in [3.8, 4) is 0 Å². The molecule has 5 rings (SSSR count). The molecule has 0 spiro atoms. The average Bonchev–Trinajstić information content (AvgIpc) is 3.48. The molecule has 0 saturated carbocycles. The zero-order valence-electron chi connectivity index (χ0n) is 46.9. The number of hydrogen-bond donors (Lipinski definition) is 17. The Kier molecular flexibility index (Phi) is 29.5. The van der Waals surface area contributed by atoms with Crippen LogP contribution in [0, 0.1) is 11.8 Å². The number of aliphatic hydroxyl groups excluding tert-OH is 13. The van der Waals surface area contributed by atoms with Crippen LogP contribution in [0.1, 0.15) is 104 Å². The molecule has 0 aromatic rings. The van der Waals surface area contributed by atoms with Crippen LogP contribution in [0.25, 0.3) is 0 Å². The first-order chi connectivity index (χ1) is 39.1. The maximum atomic E-state index is 13.8. The topological polar surface area (TPSA) is 453 Å². The van der Waals surface area contributed by atoms with E-state index in [1.165, 1.54) is 19.8 Å². The fourth-order valence-corrected chi connectivity index (χ4v) is 10.3. The largest absolute Gasteiger partial charge is 0.394 e. The first-order valence-corrected chi connectivity index (χ1v) is 28.7. The number of hydrogen-bond acceptors (Lipinski definition) is 25. The van der Waals surface area contributed by atoms with E-state index in [4.69, 9.17) is 37.9 Å². The normalized spacial score (nSPS) is 37.2. The third kappa shape index (κ3) is 20.5. The molecule has 0 aromatic carbocycles. The van der Waals surface area contributed by atoms with Gasteiger partial charge in [0, 0.05) is 38.4 Å². The number of carbonyl (C=O) groups is 4. The summed E-state index contributed by atoms with van der Waals surface area (Å²) in [7, 11) is 0. The molecule has 23 atom stereocenters. The van der Waals surface area contributed by atoms with Gasteiger partial charge in [-0.1, -0.05) is 45.3 Å². The number of rotatable bonds is 29. The van der Waals surface area contributed by atoms with Gasteiger partial charge in [-0.05, 0) is 63.7 Å². The number of carbonyl (C=O) groups excluding carboxylic acids is 4. The van der Waals surface area contributed by atoms with Crippen molar-refractivity contribution >= 4 is 23.6 Å². The predicted molar refractivity (Wildman–Crippen MR) is 281 cm³/mol. The molecular formula is C53H92N4O25. The van der Waals surface area contributed by atoms with Crippen LogP contribution in [0.2, 0.25) is 0 Å². The van der Waals surface area contributed by atoms with E-state index in [0.29, 0.717) is 18.8 Å². The summed E-state index contributed by atoms with van der Waals surface area (Å²) in [4.78, 5) is 53.3. The second-order valence-corrected chi connectivity index (χ2v) is 22.1. The Morgan fingerprint density at radius 1 is 0.561 bits per heavy atom. The van der Waals surface area contributed by atoms with Crippen molar-refractivity contribution in [1.29, 1.82) is 0 Å². The summed E-state index contributed by atoms with van der Waals surface area (Å²) in [6.45, 7) is 2.23. The van der Waals surface area contributed by atoms with Gasteiger partial charge >= 0.3 is 0 Å². The second-order valence-electron chi connectivity index (χ2n) is 22.1. The number of amides is 4. The van der Waals surface area contributed by atoms with E-state index in [1.54, 1.807) is 0 Å². The molecule has 4 fully saturated rings. The summed E-state index contributed by atoms with van der Waals surface area (Å²) in [5.41, 5.74) is 0. The first kappa shape index (κ1) is 69.6. The van der Waals surface area contributed by atoms with Gasteiger partial charge in [-0.25, -0.2) is 0 Å². The third-order valence-electron chi connectivity index (χ3n) is 15.5. The van der Waals surface area contributed by atoms with Crippen molar-refractivity contribution in [2.24, 2.45) is 11.8 Å². The van der Waals surface area contributed by atoms with Gasteiger partial charge in [0.15, 0.2) is 25.2 Å². The molecule has 474 valence electrons. The molecule has 0 radical (unpaired) electrons. The van der Waals surface area contributed by atoms with Gasteiger partial charge in [0.05, 0.1) is 39.1 Å². The van der Waals surface area contributed by atoms with Gasteiger partial charge in [0.2, 0.25) is 23.6 Å². The minimum Gasteiger partial charge on any atom is -0.394 e. The molecular weight excluding hydrogens is 1090 g/mol. The number of unbranched alkanes of at least 4 members (excludes halogenated alkanes) is 1. The molecule has 1 aliphatic carbocycles. The SMILES string of the molecule is CC(C)C(CC1CC=CCCCCC1)NC(=O)CCCCC(=O)NC(CCC(=O)NCCOC1OC(C)C(O)C(O)C1O)C(=O)NCCOC1OC(COC2OC(CO)C(O)C(O)C2O)C(O)C(OC2OC(CO)C(O)C(O)C2O)C1O. The Balaban J connectivity index is 1.19. The van der Waals surface area contributed by atoms with Crippen LogP contribution in [0.3, 0.4) is 0 Å². The summed E-state index contributed by atoms with van der Waals surface area (Å²) in [6, 6.07) is -1.31. The van der Waals surface area contributed by atoms with E-state index in [1.807, 2.05) is 0 Å². The molecule has 17 N–H and O–H groups in total. The summed E-state index contributed by atoms with van der Waals surface area (Å²) >= 11 is 0. The van der Waals surface area contributed by atoms with E-state index in [9.17, 15) is 85.6 Å². The smallest absolute Gasteiger partial charge is 0.242 e. The molecule has 4 amide bonds. The van der Waals surface area contributed by atoms with E-state index >= 15 is 0 Å². The number of nitrogens with one attached hydrogen (secondary N) is 4. The average molecular weight is 1190 g/mol. The fraction of sp³-hybridized carbons (Fsp3) is 0.887. The summed E-state index contributed by atoms with van der Waals surface area (Å²) in [6.07, 6.45) is -20.9. The summed E-state index contributed by atoms with van der Waals surface area (Å²) < 4.78 is 44.6. The lowest BCUT2D eigenvalue weighted by Gasteiger charge is -2.46. The Morgan fingerprint density at radius 2 is 1.11 bits per heavy atom. The minimum absolute atomic E-state index is 0.00946. The highest BCUT2D eigenvalue weighted by Crippen LogP contribution is 2.32. The summed E-state index contributed by atoms with van der Waals surface area (Å²) in [5.74, 6) is -1.33. The van der Waals surface area contributed by atoms with Crippen molar-refractivity contribution in [2.75, 3.05) is 46.1 Å². The minimum atomic E-state index is -1.98. The van der Waals surface area contributed by atoms with Crippen LogP contribution in [-0.4, -0.2) is 271 Å². The lowest BCUT2D eigenvalue weighted by atomic mass is 9.87. The van der Waals surface area contributed by atoms with E-state index in [0.717, 1.165) is 32.1 Å². The highest BCUT2D eigenvalue weighted by molar-refractivity contribution is 5.88. The molecule has 29 heteroatoms. The monoisotopic (exact) mass is 1180 g/mol. The molecule has 4 aliphatic heterocycles. The third-order valence-corrected chi connectivity index (χ3v) is 15.5. The van der Waals surface area contributed by atoms with Gasteiger partial charge in [0.1, 0.15) is 97.6 Å². The fourth-order valence-electron chi connectivity index (χ4n) is 10.3. The highest BCUT2D eigenvalue weighted by Gasteiger charge is 2.52. The molecule has 23 unspecified atom stereocenters. The highest BCUT2D eigenvalue weighted by atomic mass is 16.8. The molecule has 4 saturated heterocycles. The molecule has 0 aromatic heterocycles. The van der Waals surface area contributed by atoms with Crippen molar-refractivity contribution in [1.82, 2.24) is 21.3 Å². The number of aliphatic hydroxyl groups is 13. The van der Waals surface area contributed by atoms with Crippen LogP contribution < -0.4 is 21.3 Å². The van der Waals surface area contributed by atoms with Gasteiger partial charge in [-0.2, -0.15) is 0 Å². The Hall–Kier alpha value is -3.22. The first-order valence-electron chi connectivity index (χ1n) is 28.7. The van der Waals surface area contributed by atoms with E-state index < -0.39 is 173 Å². The number of ether oxygens (including phenoxy) is 8. The summed E-state index contributed by atoms with van der Waals surface area (Å²) in [5, 5.41) is 146. The maximum Gasteiger partial charge on any atom is 0.242 e. The zero-order chi connectivity index (χ0) is 60.2. The quantitative estimate of drug-likeness (QED) is 0.0245. The maximum absolute atomic E-state index is 13.8. The second kappa shape index (κ2) is 34.8. The van der Waals surface area contributed by atoms with Crippen LogP contribution >= 0.6 is 0 Å². The molecule has 0 bridgehead atoms. The van der Waals surface area contributed by atoms with Crippen molar-refractivity contribution < 1.29 is 123 Å². The lowest BCUT2D eigenvalue weighted by Crippen LogP contribution is -2.65. The Labute approximate surface area is 476 Å². The van der Waals surface area contributed by atoms with Gasteiger partial charge in [-0.15, -0.1) is 0 Å². The van der Waals surface area contributed by atoms with Gasteiger partial charge in [-0.3, -0.25) is 19.2 Å². The van der Waals surface area contributed by atoms with Gasteiger partial charge < -0.3 is 126 Å². The predicted octanol–water partition coefficient (Wildman–Crippen LogP) is -5.59.